The third-order valence-electron chi connectivity index (χ3n) is 3.74. The Morgan fingerprint density at radius 1 is 1.23 bits per heavy atom. The number of hydrogen-bond donors (Lipinski definition) is 3. The van der Waals surface area contributed by atoms with Crippen LogP contribution in [0.5, 0.6) is 5.75 Å². The van der Waals surface area contributed by atoms with Gasteiger partial charge < -0.3 is 25.6 Å². The largest absolute Gasteiger partial charge is 0.505 e. The van der Waals surface area contributed by atoms with Crippen molar-refractivity contribution in [3.05, 3.63) is 23.8 Å². The number of phenols is 1. The molecule has 7 heteroatoms. The van der Waals surface area contributed by atoms with Crippen molar-refractivity contribution < 1.29 is 19.7 Å². The third-order valence-corrected chi connectivity index (χ3v) is 3.74. The number of benzene rings is 1. The van der Waals surface area contributed by atoms with Gasteiger partial charge in [0.15, 0.2) is 5.75 Å². The Labute approximate surface area is 129 Å². The molecule has 0 radical (unpaired) electrons. The second-order valence-corrected chi connectivity index (χ2v) is 5.21. The molecule has 22 heavy (non-hydrogen) atoms. The highest BCUT2D eigenvalue weighted by atomic mass is 16.5. The predicted octanol–water partition coefficient (Wildman–Crippen LogP) is -0.259. The van der Waals surface area contributed by atoms with E-state index in [0.717, 1.165) is 19.6 Å². The average Bonchev–Trinajstić information content (AvgIpc) is 2.54. The minimum absolute atomic E-state index is 0.0337. The Bertz CT molecular complexity index is 502. The lowest BCUT2D eigenvalue weighted by atomic mass is 10.1. The van der Waals surface area contributed by atoms with E-state index in [1.54, 1.807) is 23.1 Å². The van der Waals surface area contributed by atoms with Crippen molar-refractivity contribution in [3.8, 4) is 5.75 Å². The number of rotatable bonds is 6. The summed E-state index contributed by atoms with van der Waals surface area (Å²) in [7, 11) is 0. The normalized spacial score (nSPS) is 16.0. The lowest BCUT2D eigenvalue weighted by molar-refractivity contribution is 0.0485. The fraction of sp³-hybridized carbons (Fsp3) is 0.533. The zero-order valence-electron chi connectivity index (χ0n) is 12.6. The molecule has 1 fully saturated rings. The Balaban J connectivity index is 1.83. The topological polar surface area (TPSA) is 99.3 Å². The summed E-state index contributed by atoms with van der Waals surface area (Å²) in [6, 6.07) is 4.82. The quantitative estimate of drug-likeness (QED) is 0.380. The van der Waals surface area contributed by atoms with Crippen molar-refractivity contribution in [2.24, 2.45) is 0 Å². The Kier molecular flexibility index (Phi) is 6.00. The van der Waals surface area contributed by atoms with Gasteiger partial charge in [-0.15, -0.1) is 0 Å². The number of piperazine rings is 1. The second-order valence-electron chi connectivity index (χ2n) is 5.21. The summed E-state index contributed by atoms with van der Waals surface area (Å²) in [5, 5.41) is 18.5. The summed E-state index contributed by atoms with van der Waals surface area (Å²) >= 11 is 0. The fourth-order valence-electron chi connectivity index (χ4n) is 2.44. The number of phenolic OH excluding ortho intramolecular Hbond substituents is 1. The summed E-state index contributed by atoms with van der Waals surface area (Å²) in [5.74, 6) is -0.340. The van der Waals surface area contributed by atoms with E-state index in [0.29, 0.717) is 26.3 Å². The molecule has 1 aliphatic rings. The zero-order chi connectivity index (χ0) is 15.9. The minimum atomic E-state index is -0.194. The molecule has 1 amide bonds. The van der Waals surface area contributed by atoms with Crippen LogP contribution in [0.15, 0.2) is 18.2 Å². The number of carbonyl (C=O) groups excluding carboxylic acids is 1. The molecule has 0 atom stereocenters. The molecule has 1 aromatic rings. The number of nitrogens with two attached hydrogens (primary N) is 1. The molecule has 7 nitrogen and oxygen atoms in total. The molecule has 2 rings (SSSR count). The van der Waals surface area contributed by atoms with Crippen LogP contribution in [0.2, 0.25) is 0 Å². The van der Waals surface area contributed by atoms with E-state index in [4.69, 9.17) is 15.6 Å². The lowest BCUT2D eigenvalue weighted by Crippen LogP contribution is -2.49. The number of aliphatic hydroxyl groups is 1. The smallest absolute Gasteiger partial charge is 0.257 e. The molecular weight excluding hydrogens is 286 g/mol. The molecule has 0 aromatic heterocycles. The van der Waals surface area contributed by atoms with Gasteiger partial charge in [-0.2, -0.15) is 0 Å². The predicted molar refractivity (Wildman–Crippen MR) is 82.8 cm³/mol. The molecule has 1 aromatic carbocycles. The number of para-hydroxylation sites is 1. The van der Waals surface area contributed by atoms with Crippen LogP contribution in [-0.4, -0.2) is 78.5 Å². The number of nitrogen functional groups attached to an aromatic ring is 1. The van der Waals surface area contributed by atoms with Gasteiger partial charge in [0.1, 0.15) is 0 Å². The molecule has 4 N–H and O–H groups in total. The minimum Gasteiger partial charge on any atom is -0.505 e. The van der Waals surface area contributed by atoms with Crippen LogP contribution in [0.4, 0.5) is 5.69 Å². The van der Waals surface area contributed by atoms with Crippen LogP contribution in [0.25, 0.3) is 0 Å². The van der Waals surface area contributed by atoms with Crippen molar-refractivity contribution in [2.75, 3.05) is 58.3 Å². The van der Waals surface area contributed by atoms with E-state index in [-0.39, 0.29) is 29.5 Å². The highest BCUT2D eigenvalue weighted by Crippen LogP contribution is 2.25. The number of carbonyl (C=O) groups is 1. The van der Waals surface area contributed by atoms with Crippen LogP contribution in [0.3, 0.4) is 0 Å². The van der Waals surface area contributed by atoms with E-state index in [1.807, 2.05) is 0 Å². The lowest BCUT2D eigenvalue weighted by Gasteiger charge is -2.34. The van der Waals surface area contributed by atoms with Gasteiger partial charge in [0.05, 0.1) is 31.1 Å². The van der Waals surface area contributed by atoms with Gasteiger partial charge in [0.2, 0.25) is 0 Å². The van der Waals surface area contributed by atoms with Crippen molar-refractivity contribution >= 4 is 11.6 Å². The first-order valence-electron chi connectivity index (χ1n) is 7.41. The number of aliphatic hydroxyl groups excluding tert-OH is 1. The summed E-state index contributed by atoms with van der Waals surface area (Å²) in [6.07, 6.45) is 0. The molecule has 122 valence electrons. The first-order chi connectivity index (χ1) is 10.6. The van der Waals surface area contributed by atoms with Gasteiger partial charge in [-0.1, -0.05) is 6.07 Å². The van der Waals surface area contributed by atoms with E-state index < -0.39 is 0 Å². The first kappa shape index (κ1) is 16.5. The summed E-state index contributed by atoms with van der Waals surface area (Å²) in [4.78, 5) is 16.3. The number of hydrogen-bond acceptors (Lipinski definition) is 6. The van der Waals surface area contributed by atoms with Gasteiger partial charge in [-0.05, 0) is 12.1 Å². The second kappa shape index (κ2) is 7.98. The van der Waals surface area contributed by atoms with Crippen molar-refractivity contribution in [1.29, 1.82) is 0 Å². The Morgan fingerprint density at radius 3 is 2.64 bits per heavy atom. The fourth-order valence-corrected chi connectivity index (χ4v) is 2.44. The molecular formula is C15H23N3O4. The molecule has 1 heterocycles. The van der Waals surface area contributed by atoms with Crippen LogP contribution in [0, 0.1) is 0 Å². The summed E-state index contributed by atoms with van der Waals surface area (Å²) in [6.45, 7) is 4.48. The van der Waals surface area contributed by atoms with Gasteiger partial charge in [0, 0.05) is 32.7 Å². The number of ether oxygens (including phenoxy) is 1. The molecule has 1 aliphatic heterocycles. The standard InChI is InChI=1S/C15H23N3O4/c16-13-3-1-2-12(14(13)20)15(21)18-6-4-17(5-7-18)8-10-22-11-9-19/h1-3,19-20H,4-11,16H2. The van der Waals surface area contributed by atoms with Gasteiger partial charge in [-0.3, -0.25) is 9.69 Å². The number of aromatic hydroxyl groups is 1. The summed E-state index contributed by atoms with van der Waals surface area (Å²) < 4.78 is 5.24. The molecule has 0 spiro atoms. The molecule has 0 aliphatic carbocycles. The maximum Gasteiger partial charge on any atom is 0.257 e. The van der Waals surface area contributed by atoms with E-state index in [2.05, 4.69) is 4.90 Å². The zero-order valence-corrected chi connectivity index (χ0v) is 12.6. The monoisotopic (exact) mass is 309 g/mol. The van der Waals surface area contributed by atoms with Crippen LogP contribution in [-0.2, 0) is 4.74 Å². The molecule has 0 bridgehead atoms. The van der Waals surface area contributed by atoms with E-state index in [9.17, 15) is 9.90 Å². The maximum absolute atomic E-state index is 12.4. The SMILES string of the molecule is Nc1cccc(C(=O)N2CCN(CCOCCO)CC2)c1O. The van der Waals surface area contributed by atoms with Gasteiger partial charge in [0.25, 0.3) is 5.91 Å². The van der Waals surface area contributed by atoms with Crippen LogP contribution >= 0.6 is 0 Å². The average molecular weight is 309 g/mol. The van der Waals surface area contributed by atoms with Crippen LogP contribution in [0.1, 0.15) is 10.4 Å². The van der Waals surface area contributed by atoms with Crippen molar-refractivity contribution in [1.82, 2.24) is 9.80 Å². The first-order valence-corrected chi connectivity index (χ1v) is 7.41. The highest BCUT2D eigenvalue weighted by Gasteiger charge is 2.24. The molecule has 0 unspecified atom stereocenters. The molecule has 0 saturated carbocycles. The number of nitrogens with zero attached hydrogens (tertiary/aromatic N) is 2. The Morgan fingerprint density at radius 2 is 1.95 bits per heavy atom. The van der Waals surface area contributed by atoms with E-state index >= 15 is 0 Å². The number of anilines is 1. The van der Waals surface area contributed by atoms with Gasteiger partial charge >= 0.3 is 0 Å². The summed E-state index contributed by atoms with van der Waals surface area (Å²) in [5.41, 5.74) is 6.09. The van der Waals surface area contributed by atoms with Gasteiger partial charge in [-0.25, -0.2) is 0 Å². The third kappa shape index (κ3) is 4.09. The number of amides is 1. The molecule has 1 saturated heterocycles. The highest BCUT2D eigenvalue weighted by molar-refractivity contribution is 5.98. The van der Waals surface area contributed by atoms with Crippen molar-refractivity contribution in [3.63, 3.8) is 0 Å². The maximum atomic E-state index is 12.4. The van der Waals surface area contributed by atoms with Crippen molar-refractivity contribution in [2.45, 2.75) is 0 Å². The van der Waals surface area contributed by atoms with Crippen LogP contribution < -0.4 is 5.73 Å². The van der Waals surface area contributed by atoms with E-state index in [1.165, 1.54) is 0 Å². The Hall–Kier alpha value is -1.83.